The number of imidazole rings is 1. The Morgan fingerprint density at radius 2 is 1.69 bits per heavy atom. The van der Waals surface area contributed by atoms with Crippen LogP contribution in [0.5, 0.6) is 0 Å². The van der Waals surface area contributed by atoms with Crippen LogP contribution in [0.4, 0.5) is 5.82 Å². The fourth-order valence-corrected chi connectivity index (χ4v) is 5.07. The quantitative estimate of drug-likeness (QED) is 0.531. The highest BCUT2D eigenvalue weighted by atomic mass is 16.1. The van der Waals surface area contributed by atoms with Crippen LogP contribution in [0.25, 0.3) is 11.2 Å². The fourth-order valence-electron chi connectivity index (χ4n) is 5.07. The van der Waals surface area contributed by atoms with E-state index in [9.17, 15) is 4.79 Å². The van der Waals surface area contributed by atoms with Crippen molar-refractivity contribution in [2.75, 3.05) is 5.32 Å². The summed E-state index contributed by atoms with van der Waals surface area (Å²) in [5.41, 5.74) is 1.51. The van der Waals surface area contributed by atoms with Crippen LogP contribution in [-0.2, 0) is 12.0 Å². The number of aryl methyl sites for hydroxylation is 1. The molecule has 2 heterocycles. The van der Waals surface area contributed by atoms with Crippen LogP contribution in [0.1, 0.15) is 119 Å². The molecule has 2 aromatic rings. The maximum Gasteiger partial charge on any atom is 0.351 e. The minimum atomic E-state index is -0.198. The van der Waals surface area contributed by atoms with E-state index in [0.717, 1.165) is 42.7 Å². The number of nitrogens with one attached hydrogen (secondary N) is 2. The van der Waals surface area contributed by atoms with Gasteiger partial charge in [0.05, 0.1) is 0 Å². The lowest BCUT2D eigenvalue weighted by molar-refractivity contribution is 0.353. The van der Waals surface area contributed by atoms with Crippen molar-refractivity contribution in [2.45, 2.75) is 131 Å². The minimum Gasteiger partial charge on any atom is -0.363 e. The van der Waals surface area contributed by atoms with Crippen LogP contribution in [0, 0.1) is 5.92 Å². The number of nitrogens with zero attached hydrogens (tertiary/aromatic N) is 3. The lowest BCUT2D eigenvalue weighted by Crippen LogP contribution is -2.34. The Morgan fingerprint density at radius 1 is 1.06 bits per heavy atom. The second-order valence-corrected chi connectivity index (χ2v) is 9.99. The molecule has 0 spiro atoms. The zero-order chi connectivity index (χ0) is 23.9. The first-order valence-corrected chi connectivity index (χ1v) is 13.1. The maximum absolute atomic E-state index is 12.8. The molecule has 2 aromatic heterocycles. The van der Waals surface area contributed by atoms with Crippen LogP contribution in [0.2, 0.25) is 0 Å². The Hall–Kier alpha value is -1.85. The molecule has 0 amide bonds. The van der Waals surface area contributed by atoms with Crippen LogP contribution < -0.4 is 11.0 Å². The average molecular weight is 446 g/mol. The van der Waals surface area contributed by atoms with Gasteiger partial charge in [-0.05, 0) is 44.9 Å². The second-order valence-electron chi connectivity index (χ2n) is 9.99. The number of rotatable bonds is 5. The molecule has 2 aliphatic rings. The molecular weight excluding hydrogens is 398 g/mol. The summed E-state index contributed by atoms with van der Waals surface area (Å²) in [4.78, 5) is 25.8. The van der Waals surface area contributed by atoms with Gasteiger partial charge in [0.15, 0.2) is 11.5 Å². The molecule has 0 aromatic carbocycles. The first kappa shape index (κ1) is 26.4. The first-order valence-electron chi connectivity index (χ1n) is 13.1. The van der Waals surface area contributed by atoms with E-state index in [1.807, 2.05) is 13.8 Å². The summed E-state index contributed by atoms with van der Waals surface area (Å²) in [5, 5.41) is 3.60. The van der Waals surface area contributed by atoms with E-state index >= 15 is 0 Å². The molecule has 2 unspecified atom stereocenters. The van der Waals surface area contributed by atoms with Crippen molar-refractivity contribution in [3.8, 4) is 0 Å². The third-order valence-corrected chi connectivity index (χ3v) is 7.15. The van der Waals surface area contributed by atoms with E-state index in [1.54, 1.807) is 4.57 Å². The summed E-state index contributed by atoms with van der Waals surface area (Å²) in [6.07, 6.45) is 10.4. The van der Waals surface area contributed by atoms with Crippen LogP contribution >= 0.6 is 0 Å². The average Bonchev–Trinajstić information content (AvgIpc) is 3.47. The van der Waals surface area contributed by atoms with E-state index in [0.29, 0.717) is 18.3 Å². The first-order chi connectivity index (χ1) is 15.3. The molecule has 6 heteroatoms. The standard InChI is InChI=1S/C21H33N5O.C3H8.C2H6/c1-5-13-26-17-15(22-18(24-17)21(4)12-8-9-14(21)2)16(23-19(26)27)25-20(3)10-6-7-11-20;1-3-2;1-2/h14H,5-13H2,1-4H3,(H,22,24)(H,23,25,27);3H2,1-2H3;1-2H3. The summed E-state index contributed by atoms with van der Waals surface area (Å²) >= 11 is 0. The summed E-state index contributed by atoms with van der Waals surface area (Å²) in [6.45, 7) is 17.8. The number of fused-ring (bicyclic) bond motifs is 1. The van der Waals surface area contributed by atoms with Gasteiger partial charge in [0.25, 0.3) is 0 Å². The molecule has 2 saturated carbocycles. The van der Waals surface area contributed by atoms with Crippen LogP contribution in [-0.4, -0.2) is 25.1 Å². The molecule has 6 nitrogen and oxygen atoms in total. The molecule has 0 radical (unpaired) electrons. The largest absolute Gasteiger partial charge is 0.363 e. The molecule has 2 aliphatic carbocycles. The van der Waals surface area contributed by atoms with Crippen LogP contribution in [0.3, 0.4) is 0 Å². The van der Waals surface area contributed by atoms with Gasteiger partial charge >= 0.3 is 5.69 Å². The molecule has 0 bridgehead atoms. The summed E-state index contributed by atoms with van der Waals surface area (Å²) < 4.78 is 1.74. The normalized spacial score (nSPS) is 23.9. The Morgan fingerprint density at radius 3 is 2.22 bits per heavy atom. The predicted molar refractivity (Wildman–Crippen MR) is 137 cm³/mol. The van der Waals surface area contributed by atoms with Crippen molar-refractivity contribution < 1.29 is 0 Å². The van der Waals surface area contributed by atoms with Crippen molar-refractivity contribution in [1.29, 1.82) is 0 Å². The number of aromatic amines is 1. The molecular formula is C26H47N5O. The van der Waals surface area contributed by atoms with E-state index in [2.05, 4.69) is 56.8 Å². The molecule has 4 rings (SSSR count). The monoisotopic (exact) mass is 445 g/mol. The van der Waals surface area contributed by atoms with E-state index in [4.69, 9.17) is 4.98 Å². The van der Waals surface area contributed by atoms with Crippen LogP contribution in [0.15, 0.2) is 4.79 Å². The highest BCUT2D eigenvalue weighted by Gasteiger charge is 2.40. The maximum atomic E-state index is 12.8. The molecule has 2 N–H and O–H groups in total. The molecule has 0 saturated heterocycles. The van der Waals surface area contributed by atoms with Gasteiger partial charge < -0.3 is 10.3 Å². The molecule has 32 heavy (non-hydrogen) atoms. The van der Waals surface area contributed by atoms with Gasteiger partial charge in [0.2, 0.25) is 0 Å². The Bertz CT molecular complexity index is 909. The zero-order valence-corrected chi connectivity index (χ0v) is 21.9. The molecule has 0 aliphatic heterocycles. The van der Waals surface area contributed by atoms with Crippen molar-refractivity contribution in [3.05, 3.63) is 16.3 Å². The lowest BCUT2D eigenvalue weighted by atomic mass is 9.80. The number of aromatic nitrogens is 4. The number of H-pyrrole nitrogens is 1. The summed E-state index contributed by atoms with van der Waals surface area (Å²) in [7, 11) is 0. The third-order valence-electron chi connectivity index (χ3n) is 7.15. The third kappa shape index (κ3) is 5.37. The van der Waals surface area contributed by atoms with Gasteiger partial charge in [-0.3, -0.25) is 4.57 Å². The van der Waals surface area contributed by atoms with Crippen molar-refractivity contribution in [2.24, 2.45) is 5.92 Å². The Kier molecular flexibility index (Phi) is 9.35. The zero-order valence-electron chi connectivity index (χ0n) is 21.9. The molecule has 182 valence electrons. The Labute approximate surface area is 195 Å². The SMILES string of the molecule is CC.CCC.CCCn1c(=O)nc(NC2(C)CCCC2)c2[nH]c(C3(C)CCCC3C)nc21. The van der Waals surface area contributed by atoms with E-state index in [1.165, 1.54) is 32.1 Å². The number of hydrogen-bond donors (Lipinski definition) is 2. The fraction of sp³-hybridized carbons (Fsp3) is 0.808. The minimum absolute atomic E-state index is 0.0130. The van der Waals surface area contributed by atoms with Gasteiger partial charge in [0, 0.05) is 17.5 Å². The van der Waals surface area contributed by atoms with Crippen molar-refractivity contribution in [1.82, 2.24) is 19.5 Å². The van der Waals surface area contributed by atoms with Gasteiger partial charge in [-0.2, -0.15) is 4.98 Å². The van der Waals surface area contributed by atoms with Crippen molar-refractivity contribution >= 4 is 17.0 Å². The smallest absolute Gasteiger partial charge is 0.351 e. The van der Waals surface area contributed by atoms with Crippen molar-refractivity contribution in [3.63, 3.8) is 0 Å². The van der Waals surface area contributed by atoms with Gasteiger partial charge in [-0.25, -0.2) is 9.78 Å². The molecule has 2 fully saturated rings. The number of anilines is 1. The highest BCUT2D eigenvalue weighted by Crippen LogP contribution is 2.44. The van der Waals surface area contributed by atoms with Gasteiger partial charge in [-0.1, -0.05) is 74.1 Å². The van der Waals surface area contributed by atoms with E-state index in [-0.39, 0.29) is 16.6 Å². The molecule has 2 atom stereocenters. The Balaban J connectivity index is 0.000000671. The lowest BCUT2D eigenvalue weighted by Gasteiger charge is -2.27. The second kappa shape index (κ2) is 11.3. The summed E-state index contributed by atoms with van der Waals surface area (Å²) in [5.74, 6) is 2.28. The highest BCUT2D eigenvalue weighted by molar-refractivity contribution is 5.83. The predicted octanol–water partition coefficient (Wildman–Crippen LogP) is 6.79. The van der Waals surface area contributed by atoms with E-state index < -0.39 is 0 Å². The van der Waals surface area contributed by atoms with Gasteiger partial charge in [0.1, 0.15) is 11.3 Å². The van der Waals surface area contributed by atoms with Gasteiger partial charge in [-0.15, -0.1) is 0 Å². The number of hydrogen-bond acceptors (Lipinski definition) is 4. The topological polar surface area (TPSA) is 75.6 Å². The summed E-state index contributed by atoms with van der Waals surface area (Å²) in [6, 6.07) is 0.